The summed E-state index contributed by atoms with van der Waals surface area (Å²) in [5.41, 5.74) is 1.23. The van der Waals surface area contributed by atoms with Gasteiger partial charge in [-0.05, 0) is 30.4 Å². The highest BCUT2D eigenvalue weighted by Crippen LogP contribution is 2.04. The predicted molar refractivity (Wildman–Crippen MR) is 70.3 cm³/mol. The van der Waals surface area contributed by atoms with Gasteiger partial charge in [0.05, 0.1) is 12.1 Å². The van der Waals surface area contributed by atoms with Crippen molar-refractivity contribution in [3.05, 3.63) is 35.9 Å². The van der Waals surface area contributed by atoms with Gasteiger partial charge in [-0.25, -0.2) is 0 Å². The van der Waals surface area contributed by atoms with Gasteiger partial charge in [-0.2, -0.15) is 17.0 Å². The molecule has 1 N–H and O–H groups in total. The summed E-state index contributed by atoms with van der Waals surface area (Å²) in [5, 5.41) is 12.3. The normalized spacial score (nSPS) is 12.0. The Labute approximate surface area is 102 Å². The minimum absolute atomic E-state index is 0.0210. The molecule has 1 rings (SSSR count). The van der Waals surface area contributed by atoms with Crippen LogP contribution in [0.15, 0.2) is 30.3 Å². The second kappa shape index (κ2) is 8.20. The molecule has 3 heteroatoms. The molecule has 1 unspecified atom stereocenters. The van der Waals surface area contributed by atoms with Crippen molar-refractivity contribution < 1.29 is 0 Å². The first-order chi connectivity index (χ1) is 7.86. The van der Waals surface area contributed by atoms with E-state index in [1.807, 2.05) is 30.0 Å². The molecular formula is C13H18N2S. The monoisotopic (exact) mass is 234 g/mol. The lowest BCUT2D eigenvalue weighted by Gasteiger charge is -2.10. The molecule has 0 spiro atoms. The summed E-state index contributed by atoms with van der Waals surface area (Å²) in [7, 11) is 0. The van der Waals surface area contributed by atoms with Crippen LogP contribution in [0.1, 0.15) is 18.4 Å². The highest BCUT2D eigenvalue weighted by atomic mass is 32.2. The lowest BCUT2D eigenvalue weighted by molar-refractivity contribution is 0.560. The van der Waals surface area contributed by atoms with Crippen LogP contribution in [0.2, 0.25) is 0 Å². The zero-order chi connectivity index (χ0) is 11.6. The van der Waals surface area contributed by atoms with Crippen molar-refractivity contribution in [1.82, 2.24) is 5.32 Å². The van der Waals surface area contributed by atoms with Crippen LogP contribution < -0.4 is 5.32 Å². The fourth-order valence-corrected chi connectivity index (χ4v) is 1.94. The topological polar surface area (TPSA) is 35.8 Å². The molecule has 0 radical (unpaired) electrons. The molecule has 1 atom stereocenters. The van der Waals surface area contributed by atoms with E-state index in [2.05, 4.69) is 29.8 Å². The summed E-state index contributed by atoms with van der Waals surface area (Å²) >= 11 is 1.83. The summed E-state index contributed by atoms with van der Waals surface area (Å²) in [6.45, 7) is 0.776. The second-order valence-corrected chi connectivity index (χ2v) is 4.67. The Balaban J connectivity index is 2.27. The molecule has 16 heavy (non-hydrogen) atoms. The van der Waals surface area contributed by atoms with Gasteiger partial charge < -0.3 is 0 Å². The van der Waals surface area contributed by atoms with Gasteiger partial charge in [0, 0.05) is 6.54 Å². The molecule has 2 nitrogen and oxygen atoms in total. The van der Waals surface area contributed by atoms with Gasteiger partial charge in [0.2, 0.25) is 0 Å². The number of hydrogen-bond acceptors (Lipinski definition) is 3. The first-order valence-electron chi connectivity index (χ1n) is 5.52. The summed E-state index contributed by atoms with van der Waals surface area (Å²) in [6, 6.07) is 12.5. The predicted octanol–water partition coefficient (Wildman–Crippen LogP) is 2.81. The summed E-state index contributed by atoms with van der Waals surface area (Å²) in [4.78, 5) is 0. The average molecular weight is 234 g/mol. The molecule has 1 aromatic rings. The molecule has 86 valence electrons. The molecule has 0 aliphatic heterocycles. The van der Waals surface area contributed by atoms with Gasteiger partial charge >= 0.3 is 0 Å². The van der Waals surface area contributed by atoms with Crippen molar-refractivity contribution in [2.24, 2.45) is 0 Å². The zero-order valence-corrected chi connectivity index (χ0v) is 10.5. The van der Waals surface area contributed by atoms with E-state index in [9.17, 15) is 0 Å². The Morgan fingerprint density at radius 2 is 2.12 bits per heavy atom. The van der Waals surface area contributed by atoms with Crippen LogP contribution in [0.3, 0.4) is 0 Å². The van der Waals surface area contributed by atoms with Gasteiger partial charge in [0.25, 0.3) is 0 Å². The fourth-order valence-electron chi connectivity index (χ4n) is 1.48. The van der Waals surface area contributed by atoms with E-state index in [0.717, 1.165) is 25.1 Å². The van der Waals surface area contributed by atoms with Crippen molar-refractivity contribution in [2.75, 3.05) is 12.0 Å². The van der Waals surface area contributed by atoms with Crippen molar-refractivity contribution in [1.29, 1.82) is 5.26 Å². The molecule has 0 aliphatic carbocycles. The molecule has 0 fully saturated rings. The van der Waals surface area contributed by atoms with Crippen LogP contribution in [-0.4, -0.2) is 18.1 Å². The van der Waals surface area contributed by atoms with Crippen molar-refractivity contribution in [2.45, 2.75) is 25.4 Å². The maximum Gasteiger partial charge on any atom is 0.0955 e. The smallest absolute Gasteiger partial charge is 0.0955 e. The van der Waals surface area contributed by atoms with Crippen LogP contribution in [0, 0.1) is 11.3 Å². The molecule has 0 saturated heterocycles. The third-order valence-corrected chi connectivity index (χ3v) is 3.09. The number of rotatable bonds is 7. The van der Waals surface area contributed by atoms with Gasteiger partial charge in [0.15, 0.2) is 0 Å². The highest BCUT2D eigenvalue weighted by molar-refractivity contribution is 7.98. The maximum atomic E-state index is 8.98. The van der Waals surface area contributed by atoms with Gasteiger partial charge in [-0.3, -0.25) is 5.32 Å². The molecule has 0 bridgehead atoms. The molecular weight excluding hydrogens is 216 g/mol. The number of nitriles is 1. The van der Waals surface area contributed by atoms with Crippen molar-refractivity contribution in [3.8, 4) is 6.07 Å². The van der Waals surface area contributed by atoms with Crippen LogP contribution in [0.5, 0.6) is 0 Å². The number of nitrogens with zero attached hydrogens (tertiary/aromatic N) is 1. The standard InChI is InChI=1S/C13H18N2S/c1-16-9-5-8-13(10-14)15-11-12-6-3-2-4-7-12/h2-4,6-7,13,15H,5,8-9,11H2,1H3. The number of thioether (sulfide) groups is 1. The Morgan fingerprint density at radius 3 is 2.75 bits per heavy atom. The van der Waals surface area contributed by atoms with E-state index in [0.29, 0.717) is 0 Å². The van der Waals surface area contributed by atoms with E-state index in [-0.39, 0.29) is 6.04 Å². The number of hydrogen-bond donors (Lipinski definition) is 1. The largest absolute Gasteiger partial charge is 0.298 e. The van der Waals surface area contributed by atoms with Crippen LogP contribution in [0.25, 0.3) is 0 Å². The van der Waals surface area contributed by atoms with Gasteiger partial charge in [0.1, 0.15) is 0 Å². The average Bonchev–Trinajstić information content (AvgIpc) is 2.35. The fraction of sp³-hybridized carbons (Fsp3) is 0.462. The van der Waals surface area contributed by atoms with Crippen LogP contribution >= 0.6 is 11.8 Å². The van der Waals surface area contributed by atoms with E-state index < -0.39 is 0 Å². The molecule has 0 aromatic heterocycles. The first kappa shape index (κ1) is 13.1. The Kier molecular flexibility index (Phi) is 6.71. The minimum atomic E-state index is -0.0210. The van der Waals surface area contributed by atoms with Gasteiger partial charge in [-0.1, -0.05) is 30.3 Å². The molecule has 0 aliphatic rings. The molecule has 0 heterocycles. The summed E-state index contributed by atoms with van der Waals surface area (Å²) in [5.74, 6) is 1.13. The van der Waals surface area contributed by atoms with Crippen LogP contribution in [0.4, 0.5) is 0 Å². The second-order valence-electron chi connectivity index (χ2n) is 3.68. The van der Waals surface area contributed by atoms with Gasteiger partial charge in [-0.15, -0.1) is 0 Å². The number of nitrogens with one attached hydrogen (secondary N) is 1. The Hall–Kier alpha value is -0.980. The molecule has 0 amide bonds. The zero-order valence-electron chi connectivity index (χ0n) is 9.65. The van der Waals surface area contributed by atoms with E-state index in [1.165, 1.54) is 5.56 Å². The lowest BCUT2D eigenvalue weighted by atomic mass is 10.1. The Morgan fingerprint density at radius 1 is 1.38 bits per heavy atom. The van der Waals surface area contributed by atoms with E-state index in [4.69, 9.17) is 5.26 Å². The Bertz CT molecular complexity index is 318. The number of benzene rings is 1. The molecule has 0 saturated carbocycles. The third-order valence-electron chi connectivity index (χ3n) is 2.39. The summed E-state index contributed by atoms with van der Waals surface area (Å²) in [6.07, 6.45) is 4.13. The van der Waals surface area contributed by atoms with Crippen LogP contribution in [-0.2, 0) is 6.54 Å². The van der Waals surface area contributed by atoms with Crippen molar-refractivity contribution in [3.63, 3.8) is 0 Å². The molecule has 1 aromatic carbocycles. The third kappa shape index (κ3) is 5.20. The first-order valence-corrected chi connectivity index (χ1v) is 6.92. The van der Waals surface area contributed by atoms with E-state index in [1.54, 1.807) is 0 Å². The van der Waals surface area contributed by atoms with E-state index >= 15 is 0 Å². The lowest BCUT2D eigenvalue weighted by Crippen LogP contribution is -2.27. The quantitative estimate of drug-likeness (QED) is 0.737. The minimum Gasteiger partial charge on any atom is -0.298 e. The highest BCUT2D eigenvalue weighted by Gasteiger charge is 2.05. The maximum absolute atomic E-state index is 8.98. The summed E-state index contributed by atoms with van der Waals surface area (Å²) < 4.78 is 0. The SMILES string of the molecule is CSCCCC(C#N)NCc1ccccc1. The van der Waals surface area contributed by atoms with Crippen molar-refractivity contribution >= 4 is 11.8 Å².